The van der Waals surface area contributed by atoms with E-state index < -0.39 is 12.0 Å². The van der Waals surface area contributed by atoms with Crippen molar-refractivity contribution in [2.75, 3.05) is 13.1 Å². The van der Waals surface area contributed by atoms with Gasteiger partial charge in [-0.25, -0.2) is 4.79 Å². The van der Waals surface area contributed by atoms with Gasteiger partial charge in [0, 0.05) is 6.54 Å². The lowest BCUT2D eigenvalue weighted by molar-refractivity contribution is -0.152. The third-order valence-electron chi connectivity index (χ3n) is 4.37. The van der Waals surface area contributed by atoms with E-state index in [1.165, 1.54) is 9.80 Å². The number of likely N-dealkylation sites (tertiary alicyclic amines) is 1. The van der Waals surface area contributed by atoms with Crippen molar-refractivity contribution in [3.8, 4) is 0 Å². The zero-order chi connectivity index (χ0) is 18.7. The topological polar surface area (TPSA) is 77.9 Å². The fourth-order valence-corrected chi connectivity index (χ4v) is 4.30. The van der Waals surface area contributed by atoms with Crippen molar-refractivity contribution >= 4 is 52.2 Å². The lowest BCUT2D eigenvalue weighted by Gasteiger charge is -2.33. The normalized spacial score (nSPS) is 22.2. The average Bonchev–Trinajstić information content (AvgIpc) is 2.90. The number of thiocarbonyl (C=S) groups is 1. The zero-order valence-corrected chi connectivity index (χ0v) is 15.6. The smallest absolute Gasteiger partial charge is 0.326 e. The highest BCUT2D eigenvalue weighted by Crippen LogP contribution is 2.32. The molecule has 2 saturated heterocycles. The van der Waals surface area contributed by atoms with E-state index in [0.717, 1.165) is 30.2 Å². The molecule has 26 heavy (non-hydrogen) atoms. The first-order valence-corrected chi connectivity index (χ1v) is 9.52. The van der Waals surface area contributed by atoms with Crippen molar-refractivity contribution in [1.82, 2.24) is 9.80 Å². The van der Waals surface area contributed by atoms with Crippen molar-refractivity contribution in [3.63, 3.8) is 0 Å². The first-order valence-electron chi connectivity index (χ1n) is 8.30. The number of hydrogen-bond acceptors (Lipinski definition) is 5. The lowest BCUT2D eigenvalue weighted by Crippen LogP contribution is -2.51. The van der Waals surface area contributed by atoms with Crippen LogP contribution in [0.3, 0.4) is 0 Å². The van der Waals surface area contributed by atoms with E-state index in [4.69, 9.17) is 12.2 Å². The van der Waals surface area contributed by atoms with Crippen LogP contribution in [0.15, 0.2) is 35.2 Å². The molecule has 0 bridgehead atoms. The molecule has 3 rings (SSSR count). The van der Waals surface area contributed by atoms with Crippen LogP contribution in [-0.2, 0) is 14.4 Å². The number of amides is 2. The van der Waals surface area contributed by atoms with E-state index in [2.05, 4.69) is 0 Å². The molecule has 0 saturated carbocycles. The largest absolute Gasteiger partial charge is 0.480 e. The standard InChI is InChI=1S/C18H18N2O4S2/c21-15(19-9-5-4-8-13(19)17(23)24)11-20-16(22)14(26-18(20)25)10-12-6-2-1-3-7-12/h1-3,6-7,10,13H,4-5,8-9,11H2,(H,23,24)/b14-10-/t13-/m0/s1. The number of carboxylic acid groups (broad SMARTS) is 1. The predicted molar refractivity (Wildman–Crippen MR) is 103 cm³/mol. The highest BCUT2D eigenvalue weighted by atomic mass is 32.2. The number of nitrogens with zero attached hydrogens (tertiary/aromatic N) is 2. The number of carbonyl (C=O) groups excluding carboxylic acids is 2. The van der Waals surface area contributed by atoms with Crippen LogP contribution in [0, 0.1) is 0 Å². The Morgan fingerprint density at radius 3 is 2.69 bits per heavy atom. The van der Waals surface area contributed by atoms with Crippen LogP contribution in [0.1, 0.15) is 24.8 Å². The molecule has 0 unspecified atom stereocenters. The molecule has 2 heterocycles. The van der Waals surface area contributed by atoms with Gasteiger partial charge in [0.1, 0.15) is 16.9 Å². The fraction of sp³-hybridized carbons (Fsp3) is 0.333. The SMILES string of the molecule is O=C(O)[C@@H]1CCCCN1C(=O)CN1C(=O)/C(=C/c2ccccc2)SC1=S. The monoisotopic (exact) mass is 390 g/mol. The van der Waals surface area contributed by atoms with Crippen molar-refractivity contribution in [2.24, 2.45) is 0 Å². The van der Waals surface area contributed by atoms with E-state index >= 15 is 0 Å². The minimum absolute atomic E-state index is 0.222. The molecule has 1 aromatic rings. The number of aliphatic carboxylic acids is 1. The summed E-state index contributed by atoms with van der Waals surface area (Å²) in [7, 11) is 0. The Bertz CT molecular complexity index is 779. The summed E-state index contributed by atoms with van der Waals surface area (Å²) in [5, 5.41) is 9.32. The molecule has 2 amide bonds. The highest BCUT2D eigenvalue weighted by molar-refractivity contribution is 8.26. The third-order valence-corrected chi connectivity index (χ3v) is 5.75. The summed E-state index contributed by atoms with van der Waals surface area (Å²) < 4.78 is 0.314. The summed E-state index contributed by atoms with van der Waals surface area (Å²) in [4.78, 5) is 39.7. The van der Waals surface area contributed by atoms with Crippen LogP contribution in [-0.4, -0.2) is 56.1 Å². The Hall–Kier alpha value is -2.19. The Morgan fingerprint density at radius 2 is 2.00 bits per heavy atom. The van der Waals surface area contributed by atoms with Gasteiger partial charge < -0.3 is 10.0 Å². The van der Waals surface area contributed by atoms with Crippen molar-refractivity contribution in [2.45, 2.75) is 25.3 Å². The molecule has 0 spiro atoms. The predicted octanol–water partition coefficient (Wildman–Crippen LogP) is 2.35. The second kappa shape index (κ2) is 8.01. The quantitative estimate of drug-likeness (QED) is 0.628. The number of hydrogen-bond donors (Lipinski definition) is 1. The molecular weight excluding hydrogens is 372 g/mol. The molecule has 0 aromatic heterocycles. The Morgan fingerprint density at radius 1 is 1.27 bits per heavy atom. The first kappa shape index (κ1) is 18.6. The van der Waals surface area contributed by atoms with E-state index in [1.54, 1.807) is 6.08 Å². The van der Waals surface area contributed by atoms with Gasteiger partial charge in [-0.15, -0.1) is 0 Å². The second-order valence-corrected chi connectivity index (χ2v) is 7.79. The van der Waals surface area contributed by atoms with Gasteiger partial charge in [-0.3, -0.25) is 14.5 Å². The summed E-state index contributed by atoms with van der Waals surface area (Å²) in [5.41, 5.74) is 0.876. The molecule has 2 aliphatic rings. The van der Waals surface area contributed by atoms with E-state index in [0.29, 0.717) is 22.2 Å². The molecule has 8 heteroatoms. The minimum atomic E-state index is -1.01. The van der Waals surface area contributed by atoms with E-state index in [1.807, 2.05) is 30.3 Å². The maximum atomic E-state index is 12.6. The van der Waals surface area contributed by atoms with Gasteiger partial charge >= 0.3 is 5.97 Å². The van der Waals surface area contributed by atoms with Crippen LogP contribution in [0.2, 0.25) is 0 Å². The summed E-state index contributed by atoms with van der Waals surface area (Å²) in [6, 6.07) is 8.57. The van der Waals surface area contributed by atoms with Gasteiger partial charge in [0.15, 0.2) is 0 Å². The zero-order valence-electron chi connectivity index (χ0n) is 14.0. The highest BCUT2D eigenvalue weighted by Gasteiger charge is 2.37. The molecule has 0 aliphatic carbocycles. The maximum Gasteiger partial charge on any atom is 0.326 e. The van der Waals surface area contributed by atoms with Gasteiger partial charge in [-0.1, -0.05) is 54.3 Å². The minimum Gasteiger partial charge on any atom is -0.480 e. The van der Waals surface area contributed by atoms with Crippen LogP contribution in [0.4, 0.5) is 0 Å². The number of thioether (sulfide) groups is 1. The summed E-state index contributed by atoms with van der Waals surface area (Å²) in [6.07, 6.45) is 3.72. The Labute approximate surface area is 160 Å². The third kappa shape index (κ3) is 3.96. The Kier molecular flexibility index (Phi) is 5.73. The molecule has 2 aliphatic heterocycles. The number of benzene rings is 1. The number of carbonyl (C=O) groups is 3. The maximum absolute atomic E-state index is 12.6. The molecule has 1 aromatic carbocycles. The molecule has 136 valence electrons. The first-order chi connectivity index (χ1) is 12.5. The van der Waals surface area contributed by atoms with Crippen molar-refractivity contribution < 1.29 is 19.5 Å². The van der Waals surface area contributed by atoms with Crippen LogP contribution in [0.5, 0.6) is 0 Å². The van der Waals surface area contributed by atoms with Gasteiger partial charge in [-0.2, -0.15) is 0 Å². The molecule has 6 nitrogen and oxygen atoms in total. The molecule has 2 fully saturated rings. The van der Waals surface area contributed by atoms with Gasteiger partial charge in [-0.05, 0) is 30.9 Å². The van der Waals surface area contributed by atoms with Gasteiger partial charge in [0.05, 0.1) is 4.91 Å². The number of carboxylic acids is 1. The molecule has 0 radical (unpaired) electrons. The number of rotatable bonds is 4. The fourth-order valence-electron chi connectivity index (χ4n) is 3.05. The van der Waals surface area contributed by atoms with Crippen molar-refractivity contribution in [1.29, 1.82) is 0 Å². The van der Waals surface area contributed by atoms with Crippen LogP contribution < -0.4 is 0 Å². The van der Waals surface area contributed by atoms with Gasteiger partial charge in [0.2, 0.25) is 5.91 Å². The Balaban J connectivity index is 1.72. The second-order valence-electron chi connectivity index (χ2n) is 6.12. The van der Waals surface area contributed by atoms with Crippen LogP contribution in [0.25, 0.3) is 6.08 Å². The molecule has 1 N–H and O–H groups in total. The summed E-state index contributed by atoms with van der Waals surface area (Å²) >= 11 is 6.41. The van der Waals surface area contributed by atoms with Gasteiger partial charge in [0.25, 0.3) is 5.91 Å². The summed E-state index contributed by atoms with van der Waals surface area (Å²) in [5.74, 6) is -1.71. The van der Waals surface area contributed by atoms with E-state index in [9.17, 15) is 19.5 Å². The summed E-state index contributed by atoms with van der Waals surface area (Å²) in [6.45, 7) is 0.172. The van der Waals surface area contributed by atoms with Crippen LogP contribution >= 0.6 is 24.0 Å². The number of piperidine rings is 1. The average molecular weight is 390 g/mol. The molecule has 1 atom stereocenters. The van der Waals surface area contributed by atoms with E-state index in [-0.39, 0.29) is 18.4 Å². The lowest BCUT2D eigenvalue weighted by atomic mass is 10.0. The van der Waals surface area contributed by atoms with Crippen molar-refractivity contribution in [3.05, 3.63) is 40.8 Å². The molecular formula is C18H18N2O4S2.